The molecule has 0 amide bonds. The van der Waals surface area contributed by atoms with Gasteiger partial charge in [-0.25, -0.2) is 0 Å². The smallest absolute Gasteiger partial charge is 0.300 e. The van der Waals surface area contributed by atoms with E-state index in [1.165, 1.54) is 0 Å². The maximum atomic E-state index is 9.00. The van der Waals surface area contributed by atoms with E-state index in [9.17, 15) is 0 Å². The summed E-state index contributed by atoms with van der Waals surface area (Å²) in [6.45, 7) is 5.07. The van der Waals surface area contributed by atoms with E-state index in [1.54, 1.807) is 0 Å². The van der Waals surface area contributed by atoms with E-state index in [4.69, 9.17) is 15.0 Å². The number of rotatable bonds is 2. The van der Waals surface area contributed by atoms with Crippen molar-refractivity contribution in [2.75, 3.05) is 0 Å². The number of hydrogen-bond donors (Lipinski definition) is 2. The number of aliphatic carboxylic acids is 1. The van der Waals surface area contributed by atoms with Gasteiger partial charge in [0.05, 0.1) is 0 Å². The Morgan fingerprint density at radius 2 is 1.58 bits per heavy atom. The van der Waals surface area contributed by atoms with Crippen LogP contribution in [0.3, 0.4) is 0 Å². The summed E-state index contributed by atoms with van der Waals surface area (Å²) < 4.78 is 1.07. The van der Waals surface area contributed by atoms with E-state index in [0.717, 1.165) is 23.3 Å². The number of allylic oxidation sites excluding steroid dienone is 2. The summed E-state index contributed by atoms with van der Waals surface area (Å²) in [5, 5.41) is 16.4. The molecule has 0 spiro atoms. The minimum absolute atomic E-state index is 0.535. The van der Waals surface area contributed by atoms with Gasteiger partial charge in [-0.3, -0.25) is 4.79 Å². The minimum Gasteiger partial charge on any atom is -0.512 e. The number of halogens is 1. The van der Waals surface area contributed by atoms with Crippen LogP contribution in [0.25, 0.3) is 0 Å². The monoisotopic (exact) mass is 286 g/mol. The molecule has 2 N–H and O–H groups in total. The summed E-state index contributed by atoms with van der Waals surface area (Å²) in [7, 11) is 0. The molecule has 0 bridgehead atoms. The van der Waals surface area contributed by atoms with Crippen molar-refractivity contribution in [1.82, 2.24) is 0 Å². The predicted octanol–water partition coefficient (Wildman–Crippen LogP) is 3.10. The molecule has 0 heterocycles. The number of aliphatic hydroxyl groups excluding tert-OH is 1. The van der Waals surface area contributed by atoms with Crippen molar-refractivity contribution >= 4 is 28.6 Å². The van der Waals surface area contributed by atoms with Gasteiger partial charge in [0.15, 0.2) is 0 Å². The summed E-state index contributed by atoms with van der Waals surface area (Å²) in [5.41, 5.74) is 0. The van der Waals surface area contributed by atoms with Crippen molar-refractivity contribution in [3.05, 3.63) is 9.34 Å². The van der Waals surface area contributed by atoms with Crippen LogP contribution in [0.2, 0.25) is 0 Å². The Morgan fingerprint density at radius 1 is 1.25 bits per heavy atom. The first-order valence-corrected chi connectivity index (χ1v) is 4.79. The lowest BCUT2D eigenvalue weighted by atomic mass is 10.3. The second-order valence-electron chi connectivity index (χ2n) is 2.08. The Hall–Kier alpha value is -0.260. The first-order valence-electron chi connectivity index (χ1n) is 3.71. The summed E-state index contributed by atoms with van der Waals surface area (Å²) in [6, 6.07) is 0. The fraction of sp³-hybridized carbons (Fsp3) is 0.625. The number of carboxylic acids is 1. The lowest BCUT2D eigenvalue weighted by Gasteiger charge is -1.96. The average Bonchev–Trinajstić information content (AvgIpc) is 2.00. The molecule has 0 saturated heterocycles. The second-order valence-corrected chi connectivity index (χ2v) is 3.38. The minimum atomic E-state index is -0.833. The summed E-state index contributed by atoms with van der Waals surface area (Å²) >= 11 is 2.16. The van der Waals surface area contributed by atoms with Crippen LogP contribution in [0, 0.1) is 0 Å². The normalized spacial score (nSPS) is 11.0. The Kier molecular flexibility index (Phi) is 10.5. The van der Waals surface area contributed by atoms with Crippen LogP contribution in [0.1, 0.15) is 33.6 Å². The zero-order valence-corrected chi connectivity index (χ0v) is 9.75. The molecular formula is C8H15IO3. The van der Waals surface area contributed by atoms with Crippen LogP contribution in [0.5, 0.6) is 0 Å². The highest BCUT2D eigenvalue weighted by Crippen LogP contribution is 2.15. The van der Waals surface area contributed by atoms with Crippen LogP contribution in [0.15, 0.2) is 9.34 Å². The van der Waals surface area contributed by atoms with Crippen molar-refractivity contribution in [3.63, 3.8) is 0 Å². The van der Waals surface area contributed by atoms with E-state index in [2.05, 4.69) is 22.6 Å². The average molecular weight is 286 g/mol. The standard InChI is InChI=1S/C6H11IO.C2H4O2/c1-3-5(7)6(8)4-2;1-2(3)4/h8H,3-4H2,1-2H3;1H3,(H,3,4). The molecule has 0 aromatic carbocycles. The van der Waals surface area contributed by atoms with E-state index >= 15 is 0 Å². The Balaban J connectivity index is 0. The van der Waals surface area contributed by atoms with E-state index in [0.29, 0.717) is 5.76 Å². The fourth-order valence-electron chi connectivity index (χ4n) is 0.396. The van der Waals surface area contributed by atoms with Crippen LogP contribution in [0.4, 0.5) is 0 Å². The number of carboxylic acid groups (broad SMARTS) is 1. The second kappa shape index (κ2) is 8.83. The van der Waals surface area contributed by atoms with Gasteiger partial charge in [-0.2, -0.15) is 0 Å². The van der Waals surface area contributed by atoms with Crippen LogP contribution < -0.4 is 0 Å². The molecule has 0 rings (SSSR count). The van der Waals surface area contributed by atoms with Gasteiger partial charge < -0.3 is 10.2 Å². The number of aliphatic hydroxyl groups is 1. The molecule has 0 aromatic heterocycles. The Bertz CT molecular complexity index is 148. The van der Waals surface area contributed by atoms with Gasteiger partial charge in [-0.1, -0.05) is 13.8 Å². The van der Waals surface area contributed by atoms with Crippen molar-refractivity contribution in [3.8, 4) is 0 Å². The van der Waals surface area contributed by atoms with Crippen LogP contribution in [-0.2, 0) is 4.79 Å². The van der Waals surface area contributed by atoms with Crippen molar-refractivity contribution in [2.24, 2.45) is 0 Å². The Morgan fingerprint density at radius 3 is 1.67 bits per heavy atom. The topological polar surface area (TPSA) is 57.5 Å². The van der Waals surface area contributed by atoms with Crippen molar-refractivity contribution in [2.45, 2.75) is 33.6 Å². The quantitative estimate of drug-likeness (QED) is 0.605. The largest absolute Gasteiger partial charge is 0.512 e. The fourth-order valence-corrected chi connectivity index (χ4v) is 0.777. The maximum Gasteiger partial charge on any atom is 0.300 e. The first kappa shape index (κ1) is 14.3. The zero-order chi connectivity index (χ0) is 10.1. The molecule has 0 aliphatic rings. The van der Waals surface area contributed by atoms with Gasteiger partial charge in [0.25, 0.3) is 5.97 Å². The summed E-state index contributed by atoms with van der Waals surface area (Å²) in [4.78, 5) is 9.00. The molecule has 0 radical (unpaired) electrons. The van der Waals surface area contributed by atoms with Crippen molar-refractivity contribution < 1.29 is 15.0 Å². The summed E-state index contributed by atoms with van der Waals surface area (Å²) in [6.07, 6.45) is 1.70. The van der Waals surface area contributed by atoms with E-state index < -0.39 is 5.97 Å². The lowest BCUT2D eigenvalue weighted by Crippen LogP contribution is -1.79. The van der Waals surface area contributed by atoms with Gasteiger partial charge in [0.2, 0.25) is 0 Å². The predicted molar refractivity (Wildman–Crippen MR) is 57.6 cm³/mol. The molecule has 12 heavy (non-hydrogen) atoms. The van der Waals surface area contributed by atoms with Gasteiger partial charge in [-0.05, 0) is 29.0 Å². The molecule has 0 fully saturated rings. The third kappa shape index (κ3) is 12.4. The highest BCUT2D eigenvalue weighted by atomic mass is 127. The molecule has 0 atom stereocenters. The SMILES string of the molecule is CC(=O)O.CCC(O)=C(I)CC. The molecule has 0 aliphatic carbocycles. The molecule has 3 nitrogen and oxygen atoms in total. The van der Waals surface area contributed by atoms with E-state index in [-0.39, 0.29) is 0 Å². The first-order chi connectivity index (χ1) is 5.45. The highest BCUT2D eigenvalue weighted by molar-refractivity contribution is 14.1. The molecule has 0 saturated carbocycles. The van der Waals surface area contributed by atoms with Gasteiger partial charge in [0, 0.05) is 16.9 Å². The maximum absolute atomic E-state index is 9.00. The highest BCUT2D eigenvalue weighted by Gasteiger charge is 1.93. The Labute approximate surface area is 86.6 Å². The number of hydrogen-bond acceptors (Lipinski definition) is 2. The molecule has 72 valence electrons. The third-order valence-electron chi connectivity index (χ3n) is 0.958. The van der Waals surface area contributed by atoms with Crippen LogP contribution >= 0.6 is 22.6 Å². The molecule has 0 aliphatic heterocycles. The molecular weight excluding hydrogens is 271 g/mol. The van der Waals surface area contributed by atoms with Crippen molar-refractivity contribution in [1.29, 1.82) is 0 Å². The van der Waals surface area contributed by atoms with Gasteiger partial charge in [-0.15, -0.1) is 0 Å². The molecule has 0 unspecified atom stereocenters. The third-order valence-corrected chi connectivity index (χ3v) is 2.34. The van der Waals surface area contributed by atoms with Crippen LogP contribution in [-0.4, -0.2) is 16.2 Å². The van der Waals surface area contributed by atoms with Gasteiger partial charge in [0.1, 0.15) is 5.76 Å². The van der Waals surface area contributed by atoms with E-state index in [1.807, 2.05) is 13.8 Å². The summed E-state index contributed by atoms with van der Waals surface area (Å²) in [5.74, 6) is -0.298. The lowest BCUT2D eigenvalue weighted by molar-refractivity contribution is -0.134. The zero-order valence-electron chi connectivity index (χ0n) is 7.59. The molecule has 0 aromatic rings. The molecule has 4 heteroatoms. The van der Waals surface area contributed by atoms with Gasteiger partial charge >= 0.3 is 0 Å². The number of carbonyl (C=O) groups is 1.